The summed E-state index contributed by atoms with van der Waals surface area (Å²) in [5.41, 5.74) is -0.590. The van der Waals surface area contributed by atoms with Crippen molar-refractivity contribution in [2.24, 2.45) is 13.0 Å². The smallest absolute Gasteiger partial charge is 0.234 e. The first-order valence-corrected chi connectivity index (χ1v) is 9.11. The van der Waals surface area contributed by atoms with E-state index in [0.717, 1.165) is 0 Å². The predicted octanol–water partition coefficient (Wildman–Crippen LogP) is 3.16. The van der Waals surface area contributed by atoms with Crippen molar-refractivity contribution in [3.8, 4) is 17.5 Å². The van der Waals surface area contributed by atoms with E-state index in [1.165, 1.54) is 17.8 Å². The standard InChI is InChI=1S/C18H22FN5OS/c1-11(2)18(4,10-20)21-16(25)12(3)26-17-23-22-15(24(17)5)13-8-6-7-9-14(13)19/h6-9,11-12H,1-5H3,(H,21,25). The normalized spacial score (nSPS) is 14.5. The number of hydrogen-bond acceptors (Lipinski definition) is 5. The van der Waals surface area contributed by atoms with Gasteiger partial charge in [-0.2, -0.15) is 5.26 Å². The number of nitriles is 1. The molecule has 0 spiro atoms. The van der Waals surface area contributed by atoms with Gasteiger partial charge in [0.1, 0.15) is 11.4 Å². The number of nitrogens with one attached hydrogen (secondary N) is 1. The summed E-state index contributed by atoms with van der Waals surface area (Å²) in [5.74, 6) is -0.284. The highest BCUT2D eigenvalue weighted by atomic mass is 32.2. The van der Waals surface area contributed by atoms with Crippen LogP contribution in [0, 0.1) is 23.1 Å². The molecule has 26 heavy (non-hydrogen) atoms. The van der Waals surface area contributed by atoms with Crippen molar-refractivity contribution in [1.29, 1.82) is 5.26 Å². The second-order valence-corrected chi connectivity index (χ2v) is 7.87. The van der Waals surface area contributed by atoms with Crippen molar-refractivity contribution in [2.75, 3.05) is 0 Å². The summed E-state index contributed by atoms with van der Waals surface area (Å²) in [6.07, 6.45) is 0. The predicted molar refractivity (Wildman–Crippen MR) is 98.7 cm³/mol. The van der Waals surface area contributed by atoms with E-state index in [-0.39, 0.29) is 17.6 Å². The lowest BCUT2D eigenvalue weighted by Crippen LogP contribution is -2.51. The van der Waals surface area contributed by atoms with E-state index in [1.807, 2.05) is 13.8 Å². The molecule has 0 aliphatic heterocycles. The number of thioether (sulfide) groups is 1. The number of hydrogen-bond donors (Lipinski definition) is 1. The lowest BCUT2D eigenvalue weighted by molar-refractivity contribution is -0.121. The van der Waals surface area contributed by atoms with Crippen molar-refractivity contribution in [2.45, 2.75) is 43.6 Å². The lowest BCUT2D eigenvalue weighted by atomic mass is 9.90. The van der Waals surface area contributed by atoms with Crippen LogP contribution in [-0.2, 0) is 11.8 Å². The molecule has 0 radical (unpaired) electrons. The first-order valence-electron chi connectivity index (χ1n) is 8.23. The van der Waals surface area contributed by atoms with E-state index in [2.05, 4.69) is 21.6 Å². The molecular weight excluding hydrogens is 353 g/mol. The summed E-state index contributed by atoms with van der Waals surface area (Å²) in [6, 6.07) is 8.48. The minimum Gasteiger partial charge on any atom is -0.337 e. The first-order chi connectivity index (χ1) is 12.2. The Balaban J connectivity index is 2.16. The van der Waals surface area contributed by atoms with Gasteiger partial charge in [-0.3, -0.25) is 4.79 Å². The zero-order valence-corrected chi connectivity index (χ0v) is 16.3. The molecule has 1 aromatic heterocycles. The van der Waals surface area contributed by atoms with Gasteiger partial charge < -0.3 is 9.88 Å². The Labute approximate surface area is 156 Å². The Morgan fingerprint density at radius 1 is 1.35 bits per heavy atom. The molecule has 2 atom stereocenters. The Kier molecular flexibility index (Phi) is 6.03. The maximum Gasteiger partial charge on any atom is 0.234 e. The number of carbonyl (C=O) groups is 1. The number of rotatable bonds is 6. The fourth-order valence-corrected chi connectivity index (χ4v) is 2.98. The summed E-state index contributed by atoms with van der Waals surface area (Å²) in [4.78, 5) is 12.5. The second kappa shape index (κ2) is 7.87. The minimum atomic E-state index is -0.940. The summed E-state index contributed by atoms with van der Waals surface area (Å²) in [7, 11) is 1.72. The number of amides is 1. The molecule has 0 fully saturated rings. The third kappa shape index (κ3) is 4.05. The molecule has 1 heterocycles. The van der Waals surface area contributed by atoms with Crippen LogP contribution >= 0.6 is 11.8 Å². The molecule has 6 nitrogen and oxygen atoms in total. The van der Waals surface area contributed by atoms with Crippen LogP contribution in [0.5, 0.6) is 0 Å². The van der Waals surface area contributed by atoms with Gasteiger partial charge in [-0.25, -0.2) is 4.39 Å². The fraction of sp³-hybridized carbons (Fsp3) is 0.444. The van der Waals surface area contributed by atoms with E-state index >= 15 is 0 Å². The van der Waals surface area contributed by atoms with Gasteiger partial charge in [-0.15, -0.1) is 10.2 Å². The molecule has 1 aromatic carbocycles. The van der Waals surface area contributed by atoms with E-state index in [1.54, 1.807) is 43.7 Å². The summed E-state index contributed by atoms with van der Waals surface area (Å²) in [6.45, 7) is 7.19. The number of benzene rings is 1. The average molecular weight is 375 g/mol. The topological polar surface area (TPSA) is 83.6 Å². The molecule has 0 aliphatic rings. The van der Waals surface area contributed by atoms with Crippen LogP contribution in [0.3, 0.4) is 0 Å². The van der Waals surface area contributed by atoms with E-state index in [9.17, 15) is 14.4 Å². The van der Waals surface area contributed by atoms with Gasteiger partial charge in [0.05, 0.1) is 16.9 Å². The second-order valence-electron chi connectivity index (χ2n) is 6.56. The molecule has 8 heteroatoms. The molecule has 0 saturated carbocycles. The quantitative estimate of drug-likeness (QED) is 0.784. The van der Waals surface area contributed by atoms with Crippen molar-refractivity contribution in [3.05, 3.63) is 30.1 Å². The highest BCUT2D eigenvalue weighted by molar-refractivity contribution is 8.00. The highest BCUT2D eigenvalue weighted by Gasteiger charge is 2.32. The van der Waals surface area contributed by atoms with E-state index < -0.39 is 10.8 Å². The van der Waals surface area contributed by atoms with Gasteiger partial charge in [-0.05, 0) is 31.9 Å². The van der Waals surface area contributed by atoms with Crippen molar-refractivity contribution >= 4 is 17.7 Å². The van der Waals surface area contributed by atoms with Gasteiger partial charge >= 0.3 is 0 Å². The van der Waals surface area contributed by atoms with Crippen molar-refractivity contribution < 1.29 is 9.18 Å². The monoisotopic (exact) mass is 375 g/mol. The first kappa shape index (κ1) is 19.9. The summed E-state index contributed by atoms with van der Waals surface area (Å²) < 4.78 is 15.6. The van der Waals surface area contributed by atoms with Gasteiger partial charge in [-0.1, -0.05) is 37.7 Å². The minimum absolute atomic E-state index is 0.0314. The van der Waals surface area contributed by atoms with Crippen LogP contribution < -0.4 is 5.32 Å². The largest absolute Gasteiger partial charge is 0.337 e. The number of nitrogens with zero attached hydrogens (tertiary/aromatic N) is 4. The summed E-state index contributed by atoms with van der Waals surface area (Å²) in [5, 5.41) is 20.3. The van der Waals surface area contributed by atoms with Gasteiger partial charge in [0.25, 0.3) is 0 Å². The molecule has 0 aliphatic carbocycles. The van der Waals surface area contributed by atoms with Crippen molar-refractivity contribution in [1.82, 2.24) is 20.1 Å². The zero-order chi connectivity index (χ0) is 19.5. The third-order valence-electron chi connectivity index (χ3n) is 4.37. The maximum absolute atomic E-state index is 14.0. The molecule has 2 unspecified atom stereocenters. The SMILES string of the molecule is CC(Sc1nnc(-c2ccccc2F)n1C)C(=O)NC(C)(C#N)C(C)C. The molecule has 0 bridgehead atoms. The average Bonchev–Trinajstić information content (AvgIpc) is 2.95. The lowest BCUT2D eigenvalue weighted by Gasteiger charge is -2.28. The molecule has 1 N–H and O–H groups in total. The Morgan fingerprint density at radius 2 is 2.00 bits per heavy atom. The zero-order valence-electron chi connectivity index (χ0n) is 15.4. The Morgan fingerprint density at radius 3 is 2.58 bits per heavy atom. The molecular formula is C18H22FN5OS. The van der Waals surface area contributed by atoms with Gasteiger partial charge in [0, 0.05) is 7.05 Å². The van der Waals surface area contributed by atoms with Crippen molar-refractivity contribution in [3.63, 3.8) is 0 Å². The number of carbonyl (C=O) groups excluding carboxylic acids is 1. The maximum atomic E-state index is 14.0. The number of halogens is 1. The molecule has 1 amide bonds. The van der Waals surface area contributed by atoms with Gasteiger partial charge in [0.15, 0.2) is 11.0 Å². The molecule has 138 valence electrons. The fourth-order valence-electron chi connectivity index (χ4n) is 2.17. The van der Waals surface area contributed by atoms with Crippen LogP contribution in [0.25, 0.3) is 11.4 Å². The van der Waals surface area contributed by atoms with E-state index in [0.29, 0.717) is 16.5 Å². The Bertz CT molecular complexity index is 844. The number of aromatic nitrogens is 3. The Hall–Kier alpha value is -2.40. The van der Waals surface area contributed by atoms with E-state index in [4.69, 9.17) is 0 Å². The van der Waals surface area contributed by atoms with Crippen LogP contribution in [0.15, 0.2) is 29.4 Å². The van der Waals surface area contributed by atoms with Gasteiger partial charge in [0.2, 0.25) is 5.91 Å². The van der Waals surface area contributed by atoms with Crippen LogP contribution in [-0.4, -0.2) is 31.5 Å². The molecule has 0 saturated heterocycles. The third-order valence-corrected chi connectivity index (χ3v) is 5.50. The highest BCUT2D eigenvalue weighted by Crippen LogP contribution is 2.27. The van der Waals surface area contributed by atoms with Crippen LogP contribution in [0.2, 0.25) is 0 Å². The molecule has 2 aromatic rings. The van der Waals surface area contributed by atoms with Crippen LogP contribution in [0.1, 0.15) is 27.7 Å². The summed E-state index contributed by atoms with van der Waals surface area (Å²) >= 11 is 1.21. The molecule has 2 rings (SSSR count). The van der Waals surface area contributed by atoms with Crippen LogP contribution in [0.4, 0.5) is 4.39 Å².